The van der Waals surface area contributed by atoms with Crippen molar-refractivity contribution in [1.29, 1.82) is 0 Å². The molecule has 4 rings (SSSR count). The second-order valence-corrected chi connectivity index (χ2v) is 7.86. The molecule has 31 heavy (non-hydrogen) atoms. The Balaban J connectivity index is 1.68. The van der Waals surface area contributed by atoms with Crippen LogP contribution in [0.3, 0.4) is 0 Å². The Morgan fingerprint density at radius 3 is 2.71 bits per heavy atom. The van der Waals surface area contributed by atoms with Crippen LogP contribution in [-0.2, 0) is 4.74 Å². The molecule has 2 aliphatic rings. The quantitative estimate of drug-likeness (QED) is 0.769. The van der Waals surface area contributed by atoms with Crippen LogP contribution in [0.1, 0.15) is 43.4 Å². The molecular formula is C23H25F2N3O3. The Morgan fingerprint density at radius 1 is 1.26 bits per heavy atom. The summed E-state index contributed by atoms with van der Waals surface area (Å²) in [6.07, 6.45) is 0.888. The number of halogens is 2. The van der Waals surface area contributed by atoms with Crippen molar-refractivity contribution in [2.24, 2.45) is 4.99 Å². The van der Waals surface area contributed by atoms with E-state index in [0.717, 1.165) is 12.1 Å². The van der Waals surface area contributed by atoms with Crippen molar-refractivity contribution in [2.75, 3.05) is 19.7 Å². The third kappa shape index (κ3) is 4.39. The number of nitrogens with one attached hydrogen (secondary N) is 1. The van der Waals surface area contributed by atoms with Gasteiger partial charge in [0.25, 0.3) is 0 Å². The molecule has 1 saturated heterocycles. The number of phenolic OH excluding ortho intramolecular Hbond substituents is 1. The summed E-state index contributed by atoms with van der Waals surface area (Å²) in [6, 6.07) is 9.74. The van der Waals surface area contributed by atoms with Gasteiger partial charge in [0.2, 0.25) is 0 Å². The summed E-state index contributed by atoms with van der Waals surface area (Å²) in [5, 5.41) is 13.8. The molecular weight excluding hydrogens is 404 g/mol. The molecule has 164 valence electrons. The topological polar surface area (TPSA) is 74.2 Å². The molecule has 1 fully saturated rings. The first-order chi connectivity index (χ1) is 14.9. The molecule has 2 N–H and O–H groups in total. The Bertz CT molecular complexity index is 1000. The minimum absolute atomic E-state index is 0.0840. The maximum atomic E-state index is 14.6. The van der Waals surface area contributed by atoms with Crippen molar-refractivity contribution in [2.45, 2.75) is 37.9 Å². The van der Waals surface area contributed by atoms with Crippen molar-refractivity contribution in [3.8, 4) is 5.75 Å². The Hall–Kier alpha value is -3.00. The van der Waals surface area contributed by atoms with Gasteiger partial charge in [0.15, 0.2) is 0 Å². The molecule has 6 nitrogen and oxygen atoms in total. The average Bonchev–Trinajstić information content (AvgIpc) is 2.76. The summed E-state index contributed by atoms with van der Waals surface area (Å²) in [7, 11) is 0. The van der Waals surface area contributed by atoms with Gasteiger partial charge in [-0.15, -0.1) is 0 Å². The highest BCUT2D eigenvalue weighted by molar-refractivity contribution is 6.03. The third-order valence-electron chi connectivity index (χ3n) is 5.85. The molecule has 1 atom stereocenters. The van der Waals surface area contributed by atoms with Crippen LogP contribution in [0.2, 0.25) is 0 Å². The lowest BCUT2D eigenvalue weighted by Gasteiger charge is -2.45. The molecule has 8 heteroatoms. The van der Waals surface area contributed by atoms with E-state index in [9.17, 15) is 18.7 Å². The second kappa shape index (κ2) is 8.63. The maximum Gasteiger partial charge on any atom is 0.409 e. The average molecular weight is 429 g/mol. The number of hydrogen-bond donors (Lipinski definition) is 2. The lowest BCUT2D eigenvalue weighted by molar-refractivity contribution is 0.0777. The van der Waals surface area contributed by atoms with E-state index in [-0.39, 0.29) is 17.4 Å². The Morgan fingerprint density at radius 2 is 2.00 bits per heavy atom. The summed E-state index contributed by atoms with van der Waals surface area (Å²) in [5.41, 5.74) is 0.644. The highest BCUT2D eigenvalue weighted by Crippen LogP contribution is 2.37. The van der Waals surface area contributed by atoms with E-state index in [1.807, 2.05) is 0 Å². The number of nitrogens with zero attached hydrogens (tertiary/aromatic N) is 2. The number of phenols is 1. The monoisotopic (exact) mass is 429 g/mol. The van der Waals surface area contributed by atoms with Crippen LogP contribution in [0.5, 0.6) is 5.75 Å². The zero-order valence-corrected chi connectivity index (χ0v) is 17.3. The molecule has 0 unspecified atom stereocenters. The fraction of sp³-hybridized carbons (Fsp3) is 0.391. The predicted octanol–water partition coefficient (Wildman–Crippen LogP) is 4.14. The van der Waals surface area contributed by atoms with Crippen molar-refractivity contribution >= 4 is 11.8 Å². The van der Waals surface area contributed by atoms with Crippen LogP contribution in [0.15, 0.2) is 47.5 Å². The third-order valence-corrected chi connectivity index (χ3v) is 5.85. The van der Waals surface area contributed by atoms with E-state index < -0.39 is 23.3 Å². The van der Waals surface area contributed by atoms with E-state index in [1.54, 1.807) is 36.1 Å². The lowest BCUT2D eigenvalue weighted by Crippen LogP contribution is -2.57. The standard InChI is InChI=1S/C23H25F2N3O3/c1-2-31-22(30)28-11-9-23(10-12-28)26-19(16-5-3-4-6-21(16)29)14-20(27-23)17-13-15(24)7-8-18(17)25/h3-8,13,20,27,29H,2,9-12,14H2,1H3/t20-/m1/s1. The summed E-state index contributed by atoms with van der Waals surface area (Å²) < 4.78 is 33.6. The molecule has 2 heterocycles. The number of likely N-dealkylation sites (tertiary alicyclic amines) is 1. The van der Waals surface area contributed by atoms with Crippen LogP contribution >= 0.6 is 0 Å². The van der Waals surface area contributed by atoms with Gasteiger partial charge in [-0.1, -0.05) is 12.1 Å². The molecule has 0 aliphatic carbocycles. The lowest BCUT2D eigenvalue weighted by atomic mass is 9.87. The molecule has 2 aliphatic heterocycles. The number of para-hydroxylation sites is 1. The van der Waals surface area contributed by atoms with E-state index in [0.29, 0.717) is 50.2 Å². The van der Waals surface area contributed by atoms with Gasteiger partial charge in [-0.3, -0.25) is 10.3 Å². The van der Waals surface area contributed by atoms with Gasteiger partial charge in [-0.05, 0) is 37.3 Å². The number of benzene rings is 2. The van der Waals surface area contributed by atoms with Crippen molar-refractivity contribution in [3.63, 3.8) is 0 Å². The molecule has 1 spiro atoms. The van der Waals surface area contributed by atoms with Crippen LogP contribution in [0, 0.1) is 11.6 Å². The molecule has 2 aromatic rings. The molecule has 0 aromatic heterocycles. The number of carbonyl (C=O) groups excluding carboxylic acids is 1. The van der Waals surface area contributed by atoms with Crippen molar-refractivity contribution < 1.29 is 23.4 Å². The number of hydrogen-bond acceptors (Lipinski definition) is 5. The van der Waals surface area contributed by atoms with E-state index in [2.05, 4.69) is 5.32 Å². The summed E-state index contributed by atoms with van der Waals surface area (Å²) in [4.78, 5) is 18.6. The molecule has 1 amide bonds. The van der Waals surface area contributed by atoms with Gasteiger partial charge in [0, 0.05) is 55.2 Å². The van der Waals surface area contributed by atoms with Crippen molar-refractivity contribution in [1.82, 2.24) is 10.2 Å². The van der Waals surface area contributed by atoms with Gasteiger partial charge in [0.05, 0.1) is 6.61 Å². The first-order valence-corrected chi connectivity index (χ1v) is 10.4. The maximum absolute atomic E-state index is 14.6. The Kier molecular flexibility index (Phi) is 5.91. The fourth-order valence-corrected chi connectivity index (χ4v) is 4.29. The predicted molar refractivity (Wildman–Crippen MR) is 112 cm³/mol. The van der Waals surface area contributed by atoms with Gasteiger partial charge in [0.1, 0.15) is 23.0 Å². The smallest absolute Gasteiger partial charge is 0.409 e. The number of ether oxygens (including phenoxy) is 1. The van der Waals surface area contributed by atoms with E-state index >= 15 is 0 Å². The fourth-order valence-electron chi connectivity index (χ4n) is 4.29. The molecule has 0 saturated carbocycles. The van der Waals surface area contributed by atoms with Gasteiger partial charge < -0.3 is 14.7 Å². The van der Waals surface area contributed by atoms with Crippen molar-refractivity contribution in [3.05, 3.63) is 65.2 Å². The van der Waals surface area contributed by atoms with Crippen LogP contribution < -0.4 is 5.32 Å². The van der Waals surface area contributed by atoms with E-state index in [1.165, 1.54) is 6.07 Å². The van der Waals surface area contributed by atoms with E-state index in [4.69, 9.17) is 9.73 Å². The van der Waals surface area contributed by atoms with Gasteiger partial charge >= 0.3 is 6.09 Å². The first kappa shape index (κ1) is 21.2. The summed E-state index contributed by atoms with van der Waals surface area (Å²) in [6.45, 7) is 2.89. The zero-order valence-electron chi connectivity index (χ0n) is 17.3. The largest absolute Gasteiger partial charge is 0.507 e. The first-order valence-electron chi connectivity index (χ1n) is 10.4. The number of rotatable bonds is 3. The number of carbonyl (C=O) groups is 1. The minimum atomic E-state index is -0.762. The van der Waals surface area contributed by atoms with Gasteiger partial charge in [-0.2, -0.15) is 0 Å². The zero-order chi connectivity index (χ0) is 22.0. The molecule has 0 bridgehead atoms. The number of piperidine rings is 1. The second-order valence-electron chi connectivity index (χ2n) is 7.86. The number of aromatic hydroxyl groups is 1. The summed E-state index contributed by atoms with van der Waals surface area (Å²) in [5.74, 6) is -0.937. The molecule has 0 radical (unpaired) electrons. The highest BCUT2D eigenvalue weighted by Gasteiger charge is 2.42. The van der Waals surface area contributed by atoms with Gasteiger partial charge in [-0.25, -0.2) is 13.6 Å². The normalized spacial score (nSPS) is 20.4. The minimum Gasteiger partial charge on any atom is -0.507 e. The number of aliphatic imine (C=N–C) groups is 1. The molecule has 2 aromatic carbocycles. The highest BCUT2D eigenvalue weighted by atomic mass is 19.1. The van der Waals surface area contributed by atoms with Crippen LogP contribution in [0.25, 0.3) is 0 Å². The summed E-state index contributed by atoms with van der Waals surface area (Å²) >= 11 is 0. The number of amides is 1. The van der Waals surface area contributed by atoms with Crippen LogP contribution in [-0.4, -0.2) is 47.2 Å². The Labute approximate surface area is 179 Å². The SMILES string of the molecule is CCOC(=O)N1CCC2(CC1)N=C(c1ccccc1O)C[C@H](c1cc(F)ccc1F)N2. The van der Waals surface area contributed by atoms with Crippen LogP contribution in [0.4, 0.5) is 13.6 Å².